The molecule has 0 bridgehead atoms. The Kier molecular flexibility index (Phi) is 8.27. The number of carbonyl (C=O) groups is 1. The number of fused-ring (bicyclic) bond motifs is 2. The number of alkyl halides is 3. The van der Waals surface area contributed by atoms with Gasteiger partial charge in [-0.25, -0.2) is 9.37 Å². The molecule has 3 aromatic rings. The molecule has 1 aliphatic carbocycles. The van der Waals surface area contributed by atoms with Crippen molar-refractivity contribution < 1.29 is 27.1 Å². The highest BCUT2D eigenvalue weighted by molar-refractivity contribution is 5.98. The van der Waals surface area contributed by atoms with Crippen LogP contribution in [-0.2, 0) is 25.0 Å². The van der Waals surface area contributed by atoms with Crippen molar-refractivity contribution >= 4 is 11.9 Å². The summed E-state index contributed by atoms with van der Waals surface area (Å²) < 4.78 is 60.5. The second-order valence-electron chi connectivity index (χ2n) is 12.0. The third-order valence-corrected chi connectivity index (χ3v) is 8.76. The molecule has 2 aromatic heterocycles. The van der Waals surface area contributed by atoms with E-state index in [2.05, 4.69) is 26.3 Å². The first kappa shape index (κ1) is 30.3. The Morgan fingerprint density at radius 3 is 2.45 bits per heavy atom. The Labute approximate surface area is 253 Å². The number of rotatable bonds is 10. The van der Waals surface area contributed by atoms with Gasteiger partial charge in [0.15, 0.2) is 11.6 Å². The molecular weight excluding hydrogens is 578 g/mol. The summed E-state index contributed by atoms with van der Waals surface area (Å²) in [6.07, 6.45) is 2.36. The number of ether oxygens (including phenoxy) is 1. The zero-order chi connectivity index (χ0) is 31.1. The maximum absolute atomic E-state index is 14.2. The maximum atomic E-state index is 14.2. The quantitative estimate of drug-likeness (QED) is 0.342. The first-order chi connectivity index (χ1) is 21.1. The lowest BCUT2D eigenvalue weighted by atomic mass is 9.81. The Bertz CT molecular complexity index is 1510. The monoisotopic (exact) mass is 615 g/mol. The number of imidazole rings is 1. The normalized spacial score (nSPS) is 18.5. The molecule has 236 valence electrons. The fourth-order valence-electron chi connectivity index (χ4n) is 6.62. The largest absolute Gasteiger partial charge is 0.491 e. The lowest BCUT2D eigenvalue weighted by molar-refractivity contribution is -0.149. The van der Waals surface area contributed by atoms with Crippen LogP contribution in [0.3, 0.4) is 0 Å². The number of amides is 1. The Hall–Kier alpha value is -3.71. The zero-order valence-electron chi connectivity index (χ0n) is 25.0. The molecule has 0 unspecified atom stereocenters. The van der Waals surface area contributed by atoms with E-state index in [1.54, 1.807) is 31.1 Å². The van der Waals surface area contributed by atoms with Gasteiger partial charge >= 0.3 is 6.18 Å². The van der Waals surface area contributed by atoms with E-state index < -0.39 is 18.5 Å². The van der Waals surface area contributed by atoms with Crippen molar-refractivity contribution in [1.29, 1.82) is 0 Å². The number of nitrogens with zero attached hydrogens (tertiary/aromatic N) is 6. The van der Waals surface area contributed by atoms with Crippen molar-refractivity contribution in [2.24, 2.45) is 0 Å². The molecule has 1 spiro atoms. The van der Waals surface area contributed by atoms with Crippen LogP contribution < -0.4 is 10.1 Å². The van der Waals surface area contributed by atoms with Crippen molar-refractivity contribution in [2.45, 2.75) is 51.0 Å². The molecule has 9 nitrogen and oxygen atoms in total. The molecular formula is C31H37F4N7O2. The van der Waals surface area contributed by atoms with Gasteiger partial charge in [0.2, 0.25) is 5.95 Å². The van der Waals surface area contributed by atoms with Gasteiger partial charge in [-0.15, -0.1) is 0 Å². The second-order valence-corrected chi connectivity index (χ2v) is 12.0. The predicted octanol–water partition coefficient (Wildman–Crippen LogP) is 4.27. The van der Waals surface area contributed by atoms with Crippen molar-refractivity contribution in [3.63, 3.8) is 0 Å². The number of anilines is 1. The van der Waals surface area contributed by atoms with Gasteiger partial charge in [-0.2, -0.15) is 13.2 Å². The average Bonchev–Trinajstić information content (AvgIpc) is 3.60. The molecule has 4 heterocycles. The van der Waals surface area contributed by atoms with Crippen molar-refractivity contribution in [3.05, 3.63) is 70.6 Å². The van der Waals surface area contributed by atoms with E-state index in [4.69, 9.17) is 4.74 Å². The van der Waals surface area contributed by atoms with Gasteiger partial charge in [-0.3, -0.25) is 19.6 Å². The van der Waals surface area contributed by atoms with Crippen LogP contribution in [0.4, 0.5) is 23.5 Å². The highest BCUT2D eigenvalue weighted by Gasteiger charge is 2.52. The molecule has 1 amide bonds. The second kappa shape index (κ2) is 12.0. The minimum Gasteiger partial charge on any atom is -0.491 e. The lowest BCUT2D eigenvalue weighted by Crippen LogP contribution is -2.49. The van der Waals surface area contributed by atoms with Gasteiger partial charge in [-0.1, -0.05) is 6.07 Å². The van der Waals surface area contributed by atoms with Crippen LogP contribution >= 0.6 is 0 Å². The summed E-state index contributed by atoms with van der Waals surface area (Å²) in [7, 11) is 1.80. The third kappa shape index (κ3) is 6.39. The van der Waals surface area contributed by atoms with Gasteiger partial charge in [0.25, 0.3) is 5.91 Å². The molecule has 6 rings (SSSR count). The minimum atomic E-state index is -4.21. The standard InChI is InChI=1S/C31H37F4N7O2/c1-3-44-26-14-23(38-15-25(26)32)18-42-19-30(4-5-30)27-22(17-39-8-10-40(11-9-39)20-31(33,34)35)12-21(13-24(27)28(42)43)16-41-7-6-37-29(41)36-2/h6-7,12-15H,3-5,8-11,16-20H2,1-2H3,(H,36,37). The van der Waals surface area contributed by atoms with E-state index in [1.807, 2.05) is 16.8 Å². The van der Waals surface area contributed by atoms with Gasteiger partial charge < -0.3 is 19.5 Å². The summed E-state index contributed by atoms with van der Waals surface area (Å²) in [5, 5.41) is 3.08. The summed E-state index contributed by atoms with van der Waals surface area (Å²) in [5.41, 5.74) is 4.05. The number of aromatic nitrogens is 3. The van der Waals surface area contributed by atoms with Crippen LogP contribution in [0.1, 0.15) is 52.5 Å². The van der Waals surface area contributed by atoms with Crippen molar-refractivity contribution in [3.8, 4) is 5.75 Å². The van der Waals surface area contributed by atoms with Gasteiger partial charge in [0, 0.05) is 75.8 Å². The molecule has 3 aliphatic rings. The molecule has 0 radical (unpaired) electrons. The van der Waals surface area contributed by atoms with Crippen molar-refractivity contribution in [1.82, 2.24) is 29.2 Å². The fraction of sp³-hybridized carbons (Fsp3) is 0.516. The van der Waals surface area contributed by atoms with Gasteiger partial charge in [0.1, 0.15) is 0 Å². The molecule has 1 saturated carbocycles. The third-order valence-electron chi connectivity index (χ3n) is 8.76. The Morgan fingerprint density at radius 1 is 1.02 bits per heavy atom. The van der Waals surface area contributed by atoms with Crippen LogP contribution in [0.2, 0.25) is 0 Å². The lowest BCUT2D eigenvalue weighted by Gasteiger charge is -2.39. The number of pyridine rings is 1. The average molecular weight is 616 g/mol. The maximum Gasteiger partial charge on any atom is 0.401 e. The minimum absolute atomic E-state index is 0.112. The summed E-state index contributed by atoms with van der Waals surface area (Å²) in [5.74, 6) is 0.158. The van der Waals surface area contributed by atoms with Crippen LogP contribution in [0, 0.1) is 5.82 Å². The van der Waals surface area contributed by atoms with Crippen LogP contribution in [0.25, 0.3) is 0 Å². The summed E-state index contributed by atoms with van der Waals surface area (Å²) >= 11 is 0. The molecule has 13 heteroatoms. The highest BCUT2D eigenvalue weighted by atomic mass is 19.4. The molecule has 0 atom stereocenters. The number of carbonyl (C=O) groups excluding carboxylic acids is 1. The molecule has 44 heavy (non-hydrogen) atoms. The molecule has 2 aliphatic heterocycles. The Morgan fingerprint density at radius 2 is 1.77 bits per heavy atom. The van der Waals surface area contributed by atoms with E-state index in [1.165, 1.54) is 4.90 Å². The van der Waals surface area contributed by atoms with Crippen molar-refractivity contribution in [2.75, 3.05) is 58.2 Å². The number of halogens is 4. The Balaban J connectivity index is 1.31. The van der Waals surface area contributed by atoms with Gasteiger partial charge in [0.05, 0.1) is 38.1 Å². The molecule has 1 saturated heterocycles. The van der Waals surface area contributed by atoms with E-state index in [-0.39, 0.29) is 23.6 Å². The molecule has 2 fully saturated rings. The number of benzene rings is 1. The number of piperazine rings is 1. The van der Waals surface area contributed by atoms with Crippen LogP contribution in [0.15, 0.2) is 36.8 Å². The van der Waals surface area contributed by atoms with E-state index in [0.717, 1.165) is 35.7 Å². The predicted molar refractivity (Wildman–Crippen MR) is 156 cm³/mol. The summed E-state index contributed by atoms with van der Waals surface area (Å²) in [6.45, 7) is 4.73. The zero-order valence-corrected chi connectivity index (χ0v) is 25.0. The topological polar surface area (TPSA) is 78.8 Å². The number of nitrogens with one attached hydrogen (secondary N) is 1. The fourth-order valence-corrected chi connectivity index (χ4v) is 6.62. The number of hydrogen-bond acceptors (Lipinski definition) is 7. The first-order valence-corrected chi connectivity index (χ1v) is 15.0. The van der Waals surface area contributed by atoms with E-state index in [0.29, 0.717) is 69.6 Å². The SMILES string of the molecule is CCOc1cc(CN2CC3(CC3)c3c(CN4CCN(CC(F)(F)F)CC4)cc(Cn4ccnc4NC)cc3C2=O)ncc1F. The van der Waals surface area contributed by atoms with Gasteiger partial charge in [-0.05, 0) is 42.5 Å². The first-order valence-electron chi connectivity index (χ1n) is 15.0. The summed E-state index contributed by atoms with van der Waals surface area (Å²) in [6, 6.07) is 5.68. The van der Waals surface area contributed by atoms with E-state index in [9.17, 15) is 22.4 Å². The van der Waals surface area contributed by atoms with E-state index >= 15 is 0 Å². The van der Waals surface area contributed by atoms with Crippen LogP contribution in [-0.4, -0.2) is 94.2 Å². The molecule has 1 N–H and O–H groups in total. The molecule has 1 aromatic carbocycles. The highest BCUT2D eigenvalue weighted by Crippen LogP contribution is 2.54. The summed E-state index contributed by atoms with van der Waals surface area (Å²) in [4.78, 5) is 28.2. The number of hydrogen-bond donors (Lipinski definition) is 1. The smallest absolute Gasteiger partial charge is 0.401 e. The van der Waals surface area contributed by atoms with Crippen LogP contribution in [0.5, 0.6) is 5.75 Å².